The van der Waals surface area contributed by atoms with Crippen molar-refractivity contribution in [3.05, 3.63) is 54.6 Å². The Hall–Kier alpha value is -1.65. The number of rotatable bonds is 8. The molecule has 0 radical (unpaired) electrons. The van der Waals surface area contributed by atoms with E-state index in [2.05, 4.69) is 19.1 Å². The van der Waals surface area contributed by atoms with Crippen LogP contribution in [0.4, 0.5) is 0 Å². The van der Waals surface area contributed by atoms with Crippen LogP contribution < -0.4 is 4.57 Å². The van der Waals surface area contributed by atoms with Gasteiger partial charge in [0.1, 0.15) is 12.4 Å². The van der Waals surface area contributed by atoms with Crippen LogP contribution in [0.2, 0.25) is 0 Å². The normalized spacial score (nSPS) is 10.8. The van der Waals surface area contributed by atoms with Gasteiger partial charge in [0.2, 0.25) is 6.33 Å². The smallest absolute Gasteiger partial charge is 0.247 e. The molecule has 1 aromatic heterocycles. The Kier molecular flexibility index (Phi) is 5.59. The fraction of sp³-hybridized carbons (Fsp3) is 0.400. The summed E-state index contributed by atoms with van der Waals surface area (Å²) in [4.78, 5) is 0. The molecule has 0 saturated carbocycles. The summed E-state index contributed by atoms with van der Waals surface area (Å²) in [6, 6.07) is 10.2. The van der Waals surface area contributed by atoms with Crippen LogP contribution >= 0.6 is 0 Å². The second-order valence-electron chi connectivity index (χ2n) is 4.44. The van der Waals surface area contributed by atoms with Crippen molar-refractivity contribution in [2.45, 2.75) is 33.4 Å². The van der Waals surface area contributed by atoms with Crippen molar-refractivity contribution in [2.24, 2.45) is 0 Å². The van der Waals surface area contributed by atoms with E-state index in [1.807, 2.05) is 46.1 Å². The number of nitrogens with zero attached hydrogens (tertiary/aromatic N) is 2. The first-order valence-electron chi connectivity index (χ1n) is 6.62. The van der Waals surface area contributed by atoms with Gasteiger partial charge in [0.05, 0.1) is 13.2 Å². The summed E-state index contributed by atoms with van der Waals surface area (Å²) in [5.74, 6) is 0. The maximum atomic E-state index is 5.65. The van der Waals surface area contributed by atoms with E-state index < -0.39 is 0 Å². The van der Waals surface area contributed by atoms with Crippen molar-refractivity contribution < 1.29 is 14.0 Å². The molecule has 1 heterocycles. The minimum absolute atomic E-state index is 0.551. The molecule has 0 unspecified atom stereocenters. The molecule has 0 spiro atoms. The van der Waals surface area contributed by atoms with Crippen molar-refractivity contribution in [3.8, 4) is 0 Å². The molecule has 2 rings (SSSR count). The maximum Gasteiger partial charge on any atom is 0.247 e. The molecule has 0 bridgehead atoms. The molecule has 0 fully saturated rings. The van der Waals surface area contributed by atoms with Gasteiger partial charge >= 0.3 is 0 Å². The minimum atomic E-state index is 0.551. The fourth-order valence-electron chi connectivity index (χ4n) is 1.75. The first-order valence-corrected chi connectivity index (χ1v) is 6.62. The average molecular weight is 261 g/mol. The van der Waals surface area contributed by atoms with Gasteiger partial charge in [-0.3, -0.25) is 0 Å². The third kappa shape index (κ3) is 4.85. The second kappa shape index (κ2) is 7.71. The summed E-state index contributed by atoms with van der Waals surface area (Å²) < 4.78 is 15.1. The van der Waals surface area contributed by atoms with Gasteiger partial charge in [-0.05, 0) is 12.0 Å². The summed E-state index contributed by atoms with van der Waals surface area (Å²) in [5.41, 5.74) is 1.19. The highest BCUT2D eigenvalue weighted by atomic mass is 16.5. The van der Waals surface area contributed by atoms with E-state index in [-0.39, 0.29) is 0 Å². The maximum absolute atomic E-state index is 5.65. The summed E-state index contributed by atoms with van der Waals surface area (Å²) in [5, 5.41) is 0. The van der Waals surface area contributed by atoms with E-state index in [0.717, 1.165) is 13.0 Å². The Bertz CT molecular complexity index is 468. The summed E-state index contributed by atoms with van der Waals surface area (Å²) >= 11 is 0. The first-order chi connectivity index (χ1) is 9.38. The quantitative estimate of drug-likeness (QED) is 0.539. The monoisotopic (exact) mass is 261 g/mol. The molecule has 0 N–H and O–H groups in total. The summed E-state index contributed by atoms with van der Waals surface area (Å²) in [6.45, 7) is 4.68. The highest BCUT2D eigenvalue weighted by Crippen LogP contribution is 2.00. The fourth-order valence-corrected chi connectivity index (χ4v) is 1.75. The molecule has 4 nitrogen and oxygen atoms in total. The number of imidazole rings is 1. The molecule has 0 aliphatic heterocycles. The highest BCUT2D eigenvalue weighted by molar-refractivity contribution is 5.13. The van der Waals surface area contributed by atoms with Gasteiger partial charge in [-0.25, -0.2) is 9.13 Å². The van der Waals surface area contributed by atoms with Crippen molar-refractivity contribution in [1.29, 1.82) is 0 Å². The lowest BCUT2D eigenvalue weighted by atomic mass is 10.2. The molecular weight excluding hydrogens is 240 g/mol. The van der Waals surface area contributed by atoms with Crippen molar-refractivity contribution in [1.82, 2.24) is 4.57 Å². The van der Waals surface area contributed by atoms with Crippen LogP contribution in [0.3, 0.4) is 0 Å². The topological polar surface area (TPSA) is 27.3 Å². The van der Waals surface area contributed by atoms with Crippen LogP contribution in [0.25, 0.3) is 0 Å². The largest absolute Gasteiger partial charge is 0.342 e. The van der Waals surface area contributed by atoms with Crippen LogP contribution in [0.15, 0.2) is 49.1 Å². The zero-order valence-corrected chi connectivity index (χ0v) is 11.4. The van der Waals surface area contributed by atoms with Gasteiger partial charge in [-0.1, -0.05) is 37.3 Å². The van der Waals surface area contributed by atoms with Crippen LogP contribution in [0.5, 0.6) is 0 Å². The summed E-state index contributed by atoms with van der Waals surface area (Å²) in [6.07, 6.45) is 7.00. The molecule has 1 aromatic carbocycles. The highest BCUT2D eigenvalue weighted by Gasteiger charge is 2.03. The predicted octanol–water partition coefficient (Wildman–Crippen LogP) is 2.33. The number of hydrogen-bond acceptors (Lipinski definition) is 2. The zero-order valence-electron chi connectivity index (χ0n) is 11.4. The van der Waals surface area contributed by atoms with Crippen LogP contribution in [-0.2, 0) is 29.5 Å². The minimum Gasteiger partial charge on any atom is -0.342 e. The molecule has 19 heavy (non-hydrogen) atoms. The number of aromatic nitrogens is 2. The van der Waals surface area contributed by atoms with Crippen molar-refractivity contribution in [2.75, 3.05) is 6.61 Å². The van der Waals surface area contributed by atoms with Crippen molar-refractivity contribution in [3.63, 3.8) is 0 Å². The van der Waals surface area contributed by atoms with Gasteiger partial charge in [0, 0.05) is 0 Å². The van der Waals surface area contributed by atoms with Gasteiger partial charge < -0.3 is 9.47 Å². The van der Waals surface area contributed by atoms with Gasteiger partial charge in [0.25, 0.3) is 0 Å². The third-order valence-electron chi connectivity index (χ3n) is 2.69. The Labute approximate surface area is 114 Å². The Morgan fingerprint density at radius 1 is 1.16 bits per heavy atom. The van der Waals surface area contributed by atoms with Gasteiger partial charge in [0.15, 0.2) is 13.5 Å². The molecule has 0 amide bonds. The van der Waals surface area contributed by atoms with E-state index in [1.54, 1.807) is 0 Å². The van der Waals surface area contributed by atoms with E-state index in [4.69, 9.17) is 9.47 Å². The number of benzene rings is 1. The summed E-state index contributed by atoms with van der Waals surface area (Å²) in [7, 11) is 0. The molecule has 0 aliphatic rings. The predicted molar refractivity (Wildman–Crippen MR) is 72.1 cm³/mol. The Morgan fingerprint density at radius 2 is 2.00 bits per heavy atom. The van der Waals surface area contributed by atoms with E-state index in [1.165, 1.54) is 5.56 Å². The Balaban J connectivity index is 1.71. The van der Waals surface area contributed by atoms with Crippen LogP contribution in [-0.4, -0.2) is 11.2 Å². The molecule has 2 aromatic rings. The average Bonchev–Trinajstić information content (AvgIpc) is 2.88. The van der Waals surface area contributed by atoms with Crippen molar-refractivity contribution >= 4 is 0 Å². The van der Waals surface area contributed by atoms with Crippen LogP contribution in [0.1, 0.15) is 18.9 Å². The van der Waals surface area contributed by atoms with Gasteiger partial charge in [-0.2, -0.15) is 0 Å². The molecule has 102 valence electrons. The molecule has 4 heteroatoms. The second-order valence-corrected chi connectivity index (χ2v) is 4.44. The molecular formula is C15H21N2O2+. The Morgan fingerprint density at radius 3 is 2.79 bits per heavy atom. The van der Waals surface area contributed by atoms with E-state index in [9.17, 15) is 0 Å². The lowest BCUT2D eigenvalue weighted by Crippen LogP contribution is -2.32. The van der Waals surface area contributed by atoms with Crippen LogP contribution in [0, 0.1) is 0 Å². The molecule has 0 aliphatic carbocycles. The third-order valence-corrected chi connectivity index (χ3v) is 2.69. The standard InChI is InChI=1S/C15H21N2O2/c1-2-10-18-13-16-8-9-17(12-16)14-19-11-15-6-4-3-5-7-15/h3-9,12H,2,10-11,13-14H2,1H3/q+1. The number of ether oxygens (including phenoxy) is 2. The first kappa shape index (κ1) is 13.8. The molecule has 0 saturated heterocycles. The zero-order chi connectivity index (χ0) is 13.3. The molecule has 0 atom stereocenters. The van der Waals surface area contributed by atoms with Gasteiger partial charge in [-0.15, -0.1) is 0 Å². The van der Waals surface area contributed by atoms with E-state index in [0.29, 0.717) is 20.1 Å². The lowest BCUT2D eigenvalue weighted by Gasteiger charge is -2.01. The van der Waals surface area contributed by atoms with E-state index >= 15 is 0 Å². The lowest BCUT2D eigenvalue weighted by molar-refractivity contribution is -0.733. The SMILES string of the molecule is CCCOCn1cc[n+](COCc2ccccc2)c1. The number of hydrogen-bond donors (Lipinski definition) is 0.